The van der Waals surface area contributed by atoms with Crippen molar-refractivity contribution >= 4 is 39.2 Å². The van der Waals surface area contributed by atoms with Gasteiger partial charge in [0, 0.05) is 30.5 Å². The number of imide groups is 1. The molecule has 5 nitrogen and oxygen atoms in total. The standard InChI is InChI=1S/C23H21BrN2O3/c24-18-8-9-19-20(15-18)23(29)26(22(19)28)12-4-7-21(27)25-13-10-17(11-14-25)16-5-2-1-3-6-16/h1-3,5-6,8-10,15H,4,7,11-14H2. The lowest BCUT2D eigenvalue weighted by Gasteiger charge is -2.27. The molecule has 2 heterocycles. The van der Waals surface area contributed by atoms with Crippen LogP contribution in [-0.2, 0) is 4.79 Å². The molecule has 0 spiro atoms. The molecule has 0 aliphatic carbocycles. The topological polar surface area (TPSA) is 57.7 Å². The van der Waals surface area contributed by atoms with Gasteiger partial charge in [-0.3, -0.25) is 19.3 Å². The molecule has 0 bridgehead atoms. The largest absolute Gasteiger partial charge is 0.339 e. The predicted octanol–water partition coefficient (Wildman–Crippen LogP) is 4.14. The number of rotatable bonds is 5. The van der Waals surface area contributed by atoms with Gasteiger partial charge in [0.2, 0.25) is 5.91 Å². The molecule has 2 aromatic carbocycles. The van der Waals surface area contributed by atoms with Crippen LogP contribution in [0.4, 0.5) is 0 Å². The molecule has 0 saturated heterocycles. The molecule has 4 rings (SSSR count). The van der Waals surface area contributed by atoms with Gasteiger partial charge in [-0.05, 0) is 42.2 Å². The van der Waals surface area contributed by atoms with Crippen LogP contribution in [0.2, 0.25) is 0 Å². The van der Waals surface area contributed by atoms with E-state index in [1.165, 1.54) is 16.0 Å². The van der Waals surface area contributed by atoms with E-state index >= 15 is 0 Å². The predicted molar refractivity (Wildman–Crippen MR) is 114 cm³/mol. The lowest BCUT2D eigenvalue weighted by molar-refractivity contribution is -0.130. The van der Waals surface area contributed by atoms with Gasteiger partial charge in [-0.15, -0.1) is 0 Å². The minimum atomic E-state index is -0.285. The highest BCUT2D eigenvalue weighted by Crippen LogP contribution is 2.26. The fourth-order valence-corrected chi connectivity index (χ4v) is 4.18. The van der Waals surface area contributed by atoms with Crippen molar-refractivity contribution in [2.75, 3.05) is 19.6 Å². The number of hydrogen-bond donors (Lipinski definition) is 0. The van der Waals surface area contributed by atoms with Gasteiger partial charge in [0.25, 0.3) is 11.8 Å². The van der Waals surface area contributed by atoms with E-state index in [-0.39, 0.29) is 24.3 Å². The molecular formula is C23H21BrN2O3. The van der Waals surface area contributed by atoms with Crippen LogP contribution >= 0.6 is 15.9 Å². The summed E-state index contributed by atoms with van der Waals surface area (Å²) in [7, 11) is 0. The van der Waals surface area contributed by atoms with Crippen LogP contribution in [0.5, 0.6) is 0 Å². The van der Waals surface area contributed by atoms with Crippen LogP contribution in [0.3, 0.4) is 0 Å². The quantitative estimate of drug-likeness (QED) is 0.640. The van der Waals surface area contributed by atoms with E-state index in [9.17, 15) is 14.4 Å². The van der Waals surface area contributed by atoms with Crippen LogP contribution in [0.15, 0.2) is 59.1 Å². The summed E-state index contributed by atoms with van der Waals surface area (Å²) in [4.78, 5) is 40.6. The van der Waals surface area contributed by atoms with Gasteiger partial charge < -0.3 is 4.90 Å². The number of carbonyl (C=O) groups excluding carboxylic acids is 3. The average molecular weight is 453 g/mol. The van der Waals surface area contributed by atoms with Crippen molar-refractivity contribution in [3.05, 3.63) is 75.8 Å². The van der Waals surface area contributed by atoms with Crippen molar-refractivity contribution in [2.45, 2.75) is 19.3 Å². The van der Waals surface area contributed by atoms with E-state index in [2.05, 4.69) is 34.1 Å². The second-order valence-corrected chi connectivity index (χ2v) is 8.16. The Hall–Kier alpha value is -2.73. The zero-order valence-corrected chi connectivity index (χ0v) is 17.5. The van der Waals surface area contributed by atoms with E-state index in [1.54, 1.807) is 18.2 Å². The van der Waals surface area contributed by atoms with Crippen LogP contribution in [0.1, 0.15) is 45.5 Å². The summed E-state index contributed by atoms with van der Waals surface area (Å²) in [6, 6.07) is 15.3. The molecule has 29 heavy (non-hydrogen) atoms. The van der Waals surface area contributed by atoms with Gasteiger partial charge in [-0.1, -0.05) is 52.3 Å². The van der Waals surface area contributed by atoms with E-state index in [1.807, 2.05) is 23.1 Å². The normalized spacial score (nSPS) is 16.1. The van der Waals surface area contributed by atoms with Gasteiger partial charge >= 0.3 is 0 Å². The monoisotopic (exact) mass is 452 g/mol. The summed E-state index contributed by atoms with van der Waals surface area (Å²) in [6.07, 6.45) is 3.74. The van der Waals surface area contributed by atoms with Crippen molar-refractivity contribution in [3.63, 3.8) is 0 Å². The smallest absolute Gasteiger partial charge is 0.261 e. The Balaban J connectivity index is 1.30. The first-order valence-corrected chi connectivity index (χ1v) is 10.5. The molecule has 2 aromatic rings. The van der Waals surface area contributed by atoms with Crippen molar-refractivity contribution < 1.29 is 14.4 Å². The maximum atomic E-state index is 12.5. The minimum absolute atomic E-state index is 0.0627. The Bertz CT molecular complexity index is 1000. The molecule has 3 amide bonds. The van der Waals surface area contributed by atoms with E-state index in [4.69, 9.17) is 0 Å². The molecule has 0 N–H and O–H groups in total. The third-order valence-electron chi connectivity index (χ3n) is 5.41. The van der Waals surface area contributed by atoms with Gasteiger partial charge in [-0.2, -0.15) is 0 Å². The first kappa shape index (κ1) is 19.6. The lowest BCUT2D eigenvalue weighted by atomic mass is 9.99. The third-order valence-corrected chi connectivity index (χ3v) is 5.90. The SMILES string of the molecule is O=C(CCCN1C(=O)c2ccc(Br)cc2C1=O)N1CC=C(c2ccccc2)CC1. The number of amides is 3. The molecule has 2 aliphatic heterocycles. The lowest BCUT2D eigenvalue weighted by Crippen LogP contribution is -2.36. The van der Waals surface area contributed by atoms with Crippen LogP contribution in [0.25, 0.3) is 5.57 Å². The summed E-state index contributed by atoms with van der Waals surface area (Å²) in [6.45, 7) is 1.55. The molecule has 0 unspecified atom stereocenters. The third kappa shape index (κ3) is 4.03. The molecule has 0 aromatic heterocycles. The Morgan fingerprint density at radius 1 is 1.00 bits per heavy atom. The van der Waals surface area contributed by atoms with Crippen molar-refractivity contribution in [1.82, 2.24) is 9.80 Å². The molecule has 0 radical (unpaired) electrons. The summed E-state index contributed by atoms with van der Waals surface area (Å²) in [5.41, 5.74) is 3.33. The number of fused-ring (bicyclic) bond motifs is 1. The van der Waals surface area contributed by atoms with E-state index in [0.29, 0.717) is 37.1 Å². The first-order valence-electron chi connectivity index (χ1n) is 9.72. The zero-order valence-electron chi connectivity index (χ0n) is 15.9. The van der Waals surface area contributed by atoms with E-state index in [0.717, 1.165) is 10.9 Å². The van der Waals surface area contributed by atoms with Gasteiger partial charge in [0.05, 0.1) is 11.1 Å². The van der Waals surface area contributed by atoms with Crippen LogP contribution < -0.4 is 0 Å². The van der Waals surface area contributed by atoms with E-state index < -0.39 is 0 Å². The van der Waals surface area contributed by atoms with Crippen LogP contribution in [0, 0.1) is 0 Å². The molecular weight excluding hydrogens is 432 g/mol. The number of hydrogen-bond acceptors (Lipinski definition) is 3. The minimum Gasteiger partial charge on any atom is -0.339 e. The highest BCUT2D eigenvalue weighted by atomic mass is 79.9. The van der Waals surface area contributed by atoms with Crippen molar-refractivity contribution in [2.24, 2.45) is 0 Å². The number of halogens is 1. The molecule has 148 valence electrons. The second-order valence-electron chi connectivity index (χ2n) is 7.24. The first-order chi connectivity index (χ1) is 14.0. The van der Waals surface area contributed by atoms with Crippen molar-refractivity contribution in [3.8, 4) is 0 Å². The van der Waals surface area contributed by atoms with Crippen LogP contribution in [-0.4, -0.2) is 47.2 Å². The maximum Gasteiger partial charge on any atom is 0.261 e. The summed E-state index contributed by atoms with van der Waals surface area (Å²) >= 11 is 3.33. The molecule has 0 saturated carbocycles. The summed E-state index contributed by atoms with van der Waals surface area (Å²) in [5.74, 6) is -0.502. The van der Waals surface area contributed by atoms with Crippen molar-refractivity contribution in [1.29, 1.82) is 0 Å². The number of carbonyl (C=O) groups is 3. The van der Waals surface area contributed by atoms with Gasteiger partial charge in [0.15, 0.2) is 0 Å². The Morgan fingerprint density at radius 3 is 2.48 bits per heavy atom. The molecule has 0 atom stereocenters. The number of nitrogens with zero attached hydrogens (tertiary/aromatic N) is 2. The average Bonchev–Trinajstić information content (AvgIpc) is 2.98. The maximum absolute atomic E-state index is 12.5. The summed E-state index contributed by atoms with van der Waals surface area (Å²) in [5, 5.41) is 0. The number of benzene rings is 2. The second kappa shape index (κ2) is 8.33. The Labute approximate surface area is 178 Å². The highest BCUT2D eigenvalue weighted by molar-refractivity contribution is 9.10. The fraction of sp³-hybridized carbons (Fsp3) is 0.261. The molecule has 2 aliphatic rings. The van der Waals surface area contributed by atoms with Gasteiger partial charge in [0.1, 0.15) is 0 Å². The Kier molecular flexibility index (Phi) is 5.62. The van der Waals surface area contributed by atoms with Gasteiger partial charge in [-0.25, -0.2) is 0 Å². The Morgan fingerprint density at radius 2 is 1.76 bits per heavy atom. The highest BCUT2D eigenvalue weighted by Gasteiger charge is 2.35. The molecule has 6 heteroatoms. The molecule has 0 fully saturated rings. The zero-order chi connectivity index (χ0) is 20.4. The fourth-order valence-electron chi connectivity index (χ4n) is 3.82. The summed E-state index contributed by atoms with van der Waals surface area (Å²) < 4.78 is 0.766.